The second-order valence-electron chi connectivity index (χ2n) is 8.98. The number of nitrogens with zero attached hydrogens (tertiary/aromatic N) is 2. The van der Waals surface area contributed by atoms with Crippen LogP contribution >= 0.6 is 11.8 Å². The average Bonchev–Trinajstić information content (AvgIpc) is 3.00. The van der Waals surface area contributed by atoms with Crippen LogP contribution in [0.3, 0.4) is 0 Å². The van der Waals surface area contributed by atoms with Crippen molar-refractivity contribution in [1.29, 1.82) is 0 Å². The number of carbonyl (C=O) groups is 1. The number of aliphatic hydroxyl groups excluding tert-OH is 1. The first kappa shape index (κ1) is 26.1. The Labute approximate surface area is 226 Å². The van der Waals surface area contributed by atoms with E-state index in [1.165, 1.54) is 0 Å². The van der Waals surface area contributed by atoms with E-state index < -0.39 is 6.29 Å². The summed E-state index contributed by atoms with van der Waals surface area (Å²) in [6.45, 7) is 0.433. The largest absolute Gasteiger partial charge is 0.392 e. The molecule has 1 aliphatic heterocycles. The van der Waals surface area contributed by atoms with Gasteiger partial charge in [0.25, 0.3) is 5.91 Å². The average molecular weight is 528 g/mol. The number of ether oxygens (including phenoxy) is 2. The summed E-state index contributed by atoms with van der Waals surface area (Å²) in [5.41, 5.74) is 4.43. The van der Waals surface area contributed by atoms with Crippen molar-refractivity contribution in [1.82, 2.24) is 15.3 Å². The molecule has 38 heavy (non-hydrogen) atoms. The van der Waals surface area contributed by atoms with Gasteiger partial charge in [0.15, 0.2) is 11.4 Å². The molecular weight excluding hydrogens is 498 g/mol. The lowest BCUT2D eigenvalue weighted by molar-refractivity contribution is -0.245. The zero-order valence-electron chi connectivity index (χ0n) is 20.8. The van der Waals surface area contributed by atoms with E-state index in [9.17, 15) is 9.90 Å². The third-order valence-corrected chi connectivity index (χ3v) is 7.30. The highest BCUT2D eigenvalue weighted by molar-refractivity contribution is 7.99. The van der Waals surface area contributed by atoms with Gasteiger partial charge in [-0.1, -0.05) is 78.5 Å². The number of hydrogen-bond acceptors (Lipinski definition) is 7. The van der Waals surface area contributed by atoms with Gasteiger partial charge in [-0.3, -0.25) is 4.79 Å². The maximum absolute atomic E-state index is 12.4. The number of aliphatic hydroxyl groups is 1. The number of rotatable bonds is 9. The molecule has 0 aliphatic carbocycles. The van der Waals surface area contributed by atoms with E-state index in [0.29, 0.717) is 29.4 Å². The lowest BCUT2D eigenvalue weighted by Gasteiger charge is -2.36. The van der Waals surface area contributed by atoms with Crippen molar-refractivity contribution in [2.75, 3.05) is 5.75 Å². The first-order valence-electron chi connectivity index (χ1n) is 12.5. The number of thioether (sulfide) groups is 1. The molecule has 1 amide bonds. The summed E-state index contributed by atoms with van der Waals surface area (Å²) < 4.78 is 12.8. The third-order valence-electron chi connectivity index (χ3n) is 6.30. The smallest absolute Gasteiger partial charge is 0.251 e. The summed E-state index contributed by atoms with van der Waals surface area (Å²) in [7, 11) is 0. The second kappa shape index (κ2) is 12.8. The molecule has 1 aromatic heterocycles. The van der Waals surface area contributed by atoms with Gasteiger partial charge in [-0.05, 0) is 34.9 Å². The van der Waals surface area contributed by atoms with Crippen LogP contribution in [0.1, 0.15) is 51.4 Å². The fraction of sp³-hybridized carbons (Fsp3) is 0.233. The van der Waals surface area contributed by atoms with E-state index >= 15 is 0 Å². The second-order valence-corrected chi connectivity index (χ2v) is 9.97. The van der Waals surface area contributed by atoms with Gasteiger partial charge in [-0.2, -0.15) is 0 Å². The van der Waals surface area contributed by atoms with E-state index in [1.807, 2.05) is 66.7 Å². The number of benzene rings is 3. The fourth-order valence-electron chi connectivity index (χ4n) is 4.22. The topological polar surface area (TPSA) is 93.6 Å². The van der Waals surface area contributed by atoms with Crippen molar-refractivity contribution in [2.24, 2.45) is 0 Å². The molecule has 0 unspecified atom stereocenters. The minimum atomic E-state index is -0.540. The monoisotopic (exact) mass is 527 g/mol. The predicted octanol–water partition coefficient (Wildman–Crippen LogP) is 5.24. The van der Waals surface area contributed by atoms with Gasteiger partial charge in [0.2, 0.25) is 0 Å². The molecule has 2 heterocycles. The van der Waals surface area contributed by atoms with Crippen LogP contribution in [0, 0.1) is 0 Å². The molecule has 0 bridgehead atoms. The van der Waals surface area contributed by atoms with Crippen LogP contribution in [0.15, 0.2) is 102 Å². The molecule has 3 aromatic carbocycles. The molecule has 1 aliphatic rings. The molecule has 2 N–H and O–H groups in total. The van der Waals surface area contributed by atoms with E-state index in [1.54, 1.807) is 42.4 Å². The Morgan fingerprint density at radius 1 is 0.868 bits per heavy atom. The van der Waals surface area contributed by atoms with Gasteiger partial charge in [-0.15, -0.1) is 0 Å². The van der Waals surface area contributed by atoms with Gasteiger partial charge >= 0.3 is 0 Å². The molecule has 1 fully saturated rings. The number of amides is 1. The minimum Gasteiger partial charge on any atom is -0.392 e. The Morgan fingerprint density at radius 3 is 2.26 bits per heavy atom. The number of carbonyl (C=O) groups excluding carboxylic acids is 1. The molecule has 4 aromatic rings. The van der Waals surface area contributed by atoms with Crippen LogP contribution in [0.25, 0.3) is 0 Å². The van der Waals surface area contributed by atoms with Gasteiger partial charge in [0, 0.05) is 42.2 Å². The fourth-order valence-corrected chi connectivity index (χ4v) is 5.04. The molecule has 7 nitrogen and oxygen atoms in total. The molecule has 0 radical (unpaired) electrons. The summed E-state index contributed by atoms with van der Waals surface area (Å²) in [6.07, 6.45) is 3.39. The number of hydrogen-bond donors (Lipinski definition) is 2. The van der Waals surface area contributed by atoms with Crippen LogP contribution in [0.4, 0.5) is 0 Å². The molecule has 5 rings (SSSR count). The summed E-state index contributed by atoms with van der Waals surface area (Å²) in [5, 5.41) is 13.1. The molecule has 0 spiro atoms. The first-order valence-corrected chi connectivity index (χ1v) is 13.5. The van der Waals surface area contributed by atoms with E-state index in [2.05, 4.69) is 15.3 Å². The van der Waals surface area contributed by atoms with Crippen molar-refractivity contribution in [3.8, 4) is 0 Å². The molecule has 1 saturated heterocycles. The summed E-state index contributed by atoms with van der Waals surface area (Å²) in [4.78, 5) is 21.0. The highest BCUT2D eigenvalue weighted by Crippen LogP contribution is 2.39. The van der Waals surface area contributed by atoms with Crippen LogP contribution in [0.2, 0.25) is 0 Å². The summed E-state index contributed by atoms with van der Waals surface area (Å²) in [6, 6.07) is 26.7. The van der Waals surface area contributed by atoms with Crippen molar-refractivity contribution in [3.05, 3.63) is 125 Å². The van der Waals surface area contributed by atoms with Gasteiger partial charge < -0.3 is 19.9 Å². The van der Waals surface area contributed by atoms with Crippen molar-refractivity contribution in [2.45, 2.75) is 43.2 Å². The Balaban J connectivity index is 1.27. The molecule has 0 saturated carbocycles. The van der Waals surface area contributed by atoms with Crippen LogP contribution < -0.4 is 5.32 Å². The van der Waals surface area contributed by atoms with Gasteiger partial charge in [0.1, 0.15) is 0 Å². The van der Waals surface area contributed by atoms with Crippen LogP contribution in [-0.4, -0.2) is 32.8 Å². The SMILES string of the molecule is O=C(NCc1ccc([C@H]2O[C@@H](CSc3ncccn3)C[C@@H](c3ccc(CO)cc3)O2)cc1)c1ccccc1. The van der Waals surface area contributed by atoms with Gasteiger partial charge in [-0.25, -0.2) is 9.97 Å². The Hall–Kier alpha value is -3.56. The van der Waals surface area contributed by atoms with Crippen molar-refractivity contribution in [3.63, 3.8) is 0 Å². The highest BCUT2D eigenvalue weighted by atomic mass is 32.2. The molecule has 194 valence electrons. The van der Waals surface area contributed by atoms with Crippen LogP contribution in [-0.2, 0) is 22.6 Å². The number of nitrogens with one attached hydrogen (secondary N) is 1. The molecule has 8 heteroatoms. The zero-order chi connectivity index (χ0) is 26.2. The first-order chi connectivity index (χ1) is 18.7. The summed E-state index contributed by atoms with van der Waals surface area (Å²) in [5.74, 6) is 0.588. The van der Waals surface area contributed by atoms with Crippen LogP contribution in [0.5, 0.6) is 0 Å². The lowest BCUT2D eigenvalue weighted by Crippen LogP contribution is -2.31. The Kier molecular flexibility index (Phi) is 8.78. The maximum Gasteiger partial charge on any atom is 0.251 e. The maximum atomic E-state index is 12.4. The van der Waals surface area contributed by atoms with E-state index in [4.69, 9.17) is 9.47 Å². The third kappa shape index (κ3) is 6.85. The summed E-state index contributed by atoms with van der Waals surface area (Å²) >= 11 is 1.56. The van der Waals surface area contributed by atoms with Gasteiger partial charge in [0.05, 0.1) is 18.8 Å². The standard InChI is InChI=1S/C30H29N3O4S/c34-19-22-9-11-23(12-10-22)27-17-26(20-38-30-31-15-4-16-32-30)36-29(37-27)25-13-7-21(8-14-25)18-33-28(35)24-5-2-1-3-6-24/h1-16,26-27,29,34H,17-20H2,(H,33,35)/t26-,27+,29+/m1/s1. The molecule has 3 atom stereocenters. The predicted molar refractivity (Wildman–Crippen MR) is 145 cm³/mol. The zero-order valence-corrected chi connectivity index (χ0v) is 21.6. The quantitative estimate of drug-likeness (QED) is 0.227. The normalized spacial score (nSPS) is 19.1. The van der Waals surface area contributed by atoms with E-state index in [0.717, 1.165) is 22.3 Å². The lowest BCUT2D eigenvalue weighted by atomic mass is 10.0. The Bertz CT molecular complexity index is 1310. The molecular formula is C30H29N3O4S. The highest BCUT2D eigenvalue weighted by Gasteiger charge is 2.32. The van der Waals surface area contributed by atoms with Crippen molar-refractivity contribution >= 4 is 17.7 Å². The van der Waals surface area contributed by atoms with Crippen molar-refractivity contribution < 1.29 is 19.4 Å². The number of aromatic nitrogens is 2. The van der Waals surface area contributed by atoms with E-state index in [-0.39, 0.29) is 24.7 Å². The Morgan fingerprint density at radius 2 is 1.55 bits per heavy atom. The minimum absolute atomic E-state index is 0.00598.